The Balaban J connectivity index is 2.31. The highest BCUT2D eigenvalue weighted by Gasteiger charge is 2.23. The SMILES string of the molecule is COC(=O)c1cc(N2CCCCC2CO)ccc1N. The van der Waals surface area contributed by atoms with E-state index in [4.69, 9.17) is 10.5 Å². The Bertz CT molecular complexity index is 462. The van der Waals surface area contributed by atoms with Crippen molar-refractivity contribution in [2.24, 2.45) is 0 Å². The number of nitrogens with zero attached hydrogens (tertiary/aromatic N) is 1. The lowest BCUT2D eigenvalue weighted by atomic mass is 10.0. The maximum absolute atomic E-state index is 11.7. The van der Waals surface area contributed by atoms with E-state index < -0.39 is 5.97 Å². The summed E-state index contributed by atoms with van der Waals surface area (Å²) in [5, 5.41) is 9.44. The van der Waals surface area contributed by atoms with Crippen molar-refractivity contribution < 1.29 is 14.6 Å². The molecule has 1 aliphatic rings. The standard InChI is InChI=1S/C14H20N2O3/c1-19-14(18)12-8-10(5-6-13(12)15)16-7-3-2-4-11(16)9-17/h5-6,8,11,17H,2-4,7,9,15H2,1H3. The molecule has 19 heavy (non-hydrogen) atoms. The second kappa shape index (κ2) is 5.93. The molecule has 0 radical (unpaired) electrons. The molecule has 0 spiro atoms. The largest absolute Gasteiger partial charge is 0.465 e. The van der Waals surface area contributed by atoms with Crippen LogP contribution in [-0.2, 0) is 4.74 Å². The van der Waals surface area contributed by atoms with Gasteiger partial charge in [0.1, 0.15) is 0 Å². The van der Waals surface area contributed by atoms with Crippen molar-refractivity contribution in [3.8, 4) is 0 Å². The Hall–Kier alpha value is -1.75. The second-order valence-electron chi connectivity index (χ2n) is 4.79. The molecule has 1 aromatic rings. The average Bonchev–Trinajstić information content (AvgIpc) is 2.47. The lowest BCUT2D eigenvalue weighted by Gasteiger charge is -2.36. The van der Waals surface area contributed by atoms with E-state index in [-0.39, 0.29) is 12.6 Å². The van der Waals surface area contributed by atoms with E-state index in [9.17, 15) is 9.90 Å². The van der Waals surface area contributed by atoms with Crippen LogP contribution in [0.2, 0.25) is 0 Å². The number of anilines is 2. The molecule has 1 saturated heterocycles. The lowest BCUT2D eigenvalue weighted by molar-refractivity contribution is 0.0602. The van der Waals surface area contributed by atoms with Crippen LogP contribution >= 0.6 is 0 Å². The summed E-state index contributed by atoms with van der Waals surface area (Å²) < 4.78 is 4.73. The third-order valence-corrected chi connectivity index (χ3v) is 3.61. The van der Waals surface area contributed by atoms with Crippen LogP contribution in [0.1, 0.15) is 29.6 Å². The number of aliphatic hydroxyl groups excluding tert-OH is 1. The van der Waals surface area contributed by atoms with Gasteiger partial charge in [-0.1, -0.05) is 0 Å². The van der Waals surface area contributed by atoms with Crippen molar-refractivity contribution in [2.45, 2.75) is 25.3 Å². The van der Waals surface area contributed by atoms with Crippen molar-refractivity contribution >= 4 is 17.3 Å². The van der Waals surface area contributed by atoms with E-state index >= 15 is 0 Å². The molecule has 0 bridgehead atoms. The van der Waals surface area contributed by atoms with Gasteiger partial charge in [-0.2, -0.15) is 0 Å². The number of esters is 1. The summed E-state index contributed by atoms with van der Waals surface area (Å²) in [5.41, 5.74) is 7.49. The van der Waals surface area contributed by atoms with Crippen LogP contribution in [-0.4, -0.2) is 37.4 Å². The molecule has 1 atom stereocenters. The minimum Gasteiger partial charge on any atom is -0.465 e. The summed E-state index contributed by atoms with van der Waals surface area (Å²) in [4.78, 5) is 13.8. The van der Waals surface area contributed by atoms with E-state index in [1.54, 1.807) is 12.1 Å². The number of benzene rings is 1. The molecule has 2 rings (SSSR count). The number of methoxy groups -OCH3 is 1. The van der Waals surface area contributed by atoms with Crippen LogP contribution in [0, 0.1) is 0 Å². The summed E-state index contributed by atoms with van der Waals surface area (Å²) in [6.07, 6.45) is 3.18. The van der Waals surface area contributed by atoms with Gasteiger partial charge >= 0.3 is 5.97 Å². The molecule has 1 aliphatic heterocycles. The zero-order chi connectivity index (χ0) is 13.8. The molecule has 5 nitrogen and oxygen atoms in total. The topological polar surface area (TPSA) is 75.8 Å². The van der Waals surface area contributed by atoms with Gasteiger partial charge in [-0.05, 0) is 37.5 Å². The van der Waals surface area contributed by atoms with Crippen LogP contribution in [0.25, 0.3) is 0 Å². The predicted octanol–water partition coefficient (Wildman–Crippen LogP) is 1.41. The fourth-order valence-electron chi connectivity index (χ4n) is 2.54. The normalized spacial score (nSPS) is 19.3. The van der Waals surface area contributed by atoms with Gasteiger partial charge in [-0.15, -0.1) is 0 Å². The molecule has 104 valence electrons. The zero-order valence-electron chi connectivity index (χ0n) is 11.1. The van der Waals surface area contributed by atoms with Crippen molar-refractivity contribution in [3.63, 3.8) is 0 Å². The Morgan fingerprint density at radius 3 is 3.00 bits per heavy atom. The summed E-state index contributed by atoms with van der Waals surface area (Å²) in [6.45, 7) is 1.01. The number of hydrogen-bond donors (Lipinski definition) is 2. The van der Waals surface area contributed by atoms with Crippen molar-refractivity contribution in [1.82, 2.24) is 0 Å². The first-order valence-corrected chi connectivity index (χ1v) is 6.52. The second-order valence-corrected chi connectivity index (χ2v) is 4.79. The van der Waals surface area contributed by atoms with E-state index in [0.29, 0.717) is 11.3 Å². The fourth-order valence-corrected chi connectivity index (χ4v) is 2.54. The van der Waals surface area contributed by atoms with Crippen LogP contribution in [0.5, 0.6) is 0 Å². The summed E-state index contributed by atoms with van der Waals surface area (Å²) in [7, 11) is 1.34. The number of aliphatic hydroxyl groups is 1. The van der Waals surface area contributed by atoms with Crippen LogP contribution in [0.4, 0.5) is 11.4 Å². The monoisotopic (exact) mass is 264 g/mol. The number of nitrogens with two attached hydrogens (primary N) is 1. The molecule has 1 heterocycles. The third kappa shape index (κ3) is 2.81. The van der Waals surface area contributed by atoms with E-state index in [1.807, 2.05) is 6.07 Å². The fraction of sp³-hybridized carbons (Fsp3) is 0.500. The molecular formula is C14H20N2O3. The maximum Gasteiger partial charge on any atom is 0.340 e. The van der Waals surface area contributed by atoms with Gasteiger partial charge in [0.2, 0.25) is 0 Å². The number of carbonyl (C=O) groups is 1. The maximum atomic E-state index is 11.7. The number of piperidine rings is 1. The Labute approximate surface area is 113 Å². The van der Waals surface area contributed by atoms with E-state index in [1.165, 1.54) is 7.11 Å². The van der Waals surface area contributed by atoms with Gasteiger partial charge < -0.3 is 20.5 Å². The lowest BCUT2D eigenvalue weighted by Crippen LogP contribution is -2.42. The Morgan fingerprint density at radius 2 is 2.32 bits per heavy atom. The minimum atomic E-state index is -0.433. The summed E-state index contributed by atoms with van der Waals surface area (Å²) in [6, 6.07) is 5.46. The van der Waals surface area contributed by atoms with Gasteiger partial charge in [0, 0.05) is 17.9 Å². The molecule has 0 aliphatic carbocycles. The molecule has 0 saturated carbocycles. The first kappa shape index (κ1) is 13.7. The number of ether oxygens (including phenoxy) is 1. The van der Waals surface area contributed by atoms with Gasteiger partial charge in [0.05, 0.1) is 25.3 Å². The number of rotatable bonds is 3. The Morgan fingerprint density at radius 1 is 1.53 bits per heavy atom. The summed E-state index contributed by atoms with van der Waals surface area (Å²) >= 11 is 0. The molecule has 1 fully saturated rings. The molecule has 1 aromatic carbocycles. The third-order valence-electron chi connectivity index (χ3n) is 3.61. The summed E-state index contributed by atoms with van der Waals surface area (Å²) in [5.74, 6) is -0.433. The first-order valence-electron chi connectivity index (χ1n) is 6.52. The van der Waals surface area contributed by atoms with Crippen molar-refractivity contribution in [2.75, 3.05) is 30.9 Å². The van der Waals surface area contributed by atoms with Crippen LogP contribution < -0.4 is 10.6 Å². The zero-order valence-corrected chi connectivity index (χ0v) is 11.1. The average molecular weight is 264 g/mol. The van der Waals surface area contributed by atoms with Gasteiger partial charge in [-0.25, -0.2) is 4.79 Å². The highest BCUT2D eigenvalue weighted by molar-refractivity contribution is 5.96. The van der Waals surface area contributed by atoms with E-state index in [0.717, 1.165) is 31.5 Å². The molecule has 3 N–H and O–H groups in total. The van der Waals surface area contributed by atoms with Gasteiger partial charge in [0.25, 0.3) is 0 Å². The predicted molar refractivity (Wildman–Crippen MR) is 74.3 cm³/mol. The van der Waals surface area contributed by atoms with Crippen molar-refractivity contribution in [1.29, 1.82) is 0 Å². The smallest absolute Gasteiger partial charge is 0.340 e. The number of nitrogen functional groups attached to an aromatic ring is 1. The number of hydrogen-bond acceptors (Lipinski definition) is 5. The molecule has 5 heteroatoms. The quantitative estimate of drug-likeness (QED) is 0.637. The highest BCUT2D eigenvalue weighted by atomic mass is 16.5. The molecular weight excluding hydrogens is 244 g/mol. The first-order chi connectivity index (χ1) is 9.17. The van der Waals surface area contributed by atoms with Crippen molar-refractivity contribution in [3.05, 3.63) is 23.8 Å². The molecule has 0 aromatic heterocycles. The highest BCUT2D eigenvalue weighted by Crippen LogP contribution is 2.27. The van der Waals surface area contributed by atoms with Gasteiger partial charge in [0.15, 0.2) is 0 Å². The Kier molecular flexibility index (Phi) is 4.27. The number of carbonyl (C=O) groups excluding carboxylic acids is 1. The van der Waals surface area contributed by atoms with Crippen LogP contribution in [0.3, 0.4) is 0 Å². The minimum absolute atomic E-state index is 0.114. The van der Waals surface area contributed by atoms with Gasteiger partial charge in [-0.3, -0.25) is 0 Å². The molecule has 0 amide bonds. The van der Waals surface area contributed by atoms with E-state index in [2.05, 4.69) is 4.90 Å². The molecule has 1 unspecified atom stereocenters. The van der Waals surface area contributed by atoms with Crippen LogP contribution in [0.15, 0.2) is 18.2 Å².